The topological polar surface area (TPSA) is 95.9 Å². The van der Waals surface area contributed by atoms with Crippen molar-refractivity contribution in [1.29, 1.82) is 0 Å². The molecule has 1 fully saturated rings. The standard InChI is InChI=1S/C26H30N2O5/c1-17(10-11-24(29)28-14-12-18(13-15-28)25(30)31)27-26(32)33-16-23-21-8-4-2-6-19(21)20-7-3-5-9-22(20)23/h2-9,17-18,23H,10-16H2,1H3,(H,27,32)(H,30,31). The van der Waals surface area contributed by atoms with Crippen molar-refractivity contribution in [3.05, 3.63) is 59.7 Å². The number of benzene rings is 2. The second-order valence-electron chi connectivity index (χ2n) is 8.90. The Labute approximate surface area is 193 Å². The van der Waals surface area contributed by atoms with Gasteiger partial charge in [-0.3, -0.25) is 9.59 Å². The van der Waals surface area contributed by atoms with E-state index in [0.29, 0.717) is 38.8 Å². The second kappa shape index (κ2) is 10.1. The number of fused-ring (bicyclic) bond motifs is 3. The van der Waals surface area contributed by atoms with Crippen LogP contribution in [0.25, 0.3) is 11.1 Å². The number of carbonyl (C=O) groups is 3. The van der Waals surface area contributed by atoms with Crippen molar-refractivity contribution in [3.8, 4) is 11.1 Å². The number of amides is 2. The number of carbonyl (C=O) groups excluding carboxylic acids is 2. The molecule has 1 aliphatic carbocycles. The van der Waals surface area contributed by atoms with Crippen LogP contribution >= 0.6 is 0 Å². The Morgan fingerprint density at radius 3 is 2.18 bits per heavy atom. The summed E-state index contributed by atoms with van der Waals surface area (Å²) in [6.07, 6.45) is 1.31. The molecule has 33 heavy (non-hydrogen) atoms. The molecule has 4 rings (SSSR count). The number of hydrogen-bond donors (Lipinski definition) is 2. The first-order valence-corrected chi connectivity index (χ1v) is 11.6. The lowest BCUT2D eigenvalue weighted by Gasteiger charge is -2.30. The van der Waals surface area contributed by atoms with Crippen LogP contribution in [0.15, 0.2) is 48.5 Å². The number of rotatable bonds is 7. The summed E-state index contributed by atoms with van der Waals surface area (Å²) in [6, 6.07) is 16.2. The third kappa shape index (κ3) is 5.18. The largest absolute Gasteiger partial charge is 0.481 e. The zero-order chi connectivity index (χ0) is 23.4. The molecule has 0 bridgehead atoms. The molecule has 2 amide bonds. The van der Waals surface area contributed by atoms with E-state index in [4.69, 9.17) is 9.84 Å². The molecule has 2 N–H and O–H groups in total. The molecular weight excluding hydrogens is 420 g/mol. The number of nitrogens with zero attached hydrogens (tertiary/aromatic N) is 1. The molecule has 0 spiro atoms. The summed E-state index contributed by atoms with van der Waals surface area (Å²) >= 11 is 0. The van der Waals surface area contributed by atoms with Crippen LogP contribution in [-0.4, -0.2) is 53.7 Å². The smallest absolute Gasteiger partial charge is 0.407 e. The summed E-state index contributed by atoms with van der Waals surface area (Å²) in [5, 5.41) is 11.9. The highest BCUT2D eigenvalue weighted by Crippen LogP contribution is 2.44. The lowest BCUT2D eigenvalue weighted by molar-refractivity contribution is -0.145. The number of piperidine rings is 1. The van der Waals surface area contributed by atoms with Gasteiger partial charge in [-0.1, -0.05) is 48.5 Å². The first-order chi connectivity index (χ1) is 15.9. The minimum Gasteiger partial charge on any atom is -0.481 e. The van der Waals surface area contributed by atoms with Gasteiger partial charge in [-0.2, -0.15) is 0 Å². The maximum Gasteiger partial charge on any atom is 0.407 e. The molecule has 7 heteroatoms. The Kier molecular flexibility index (Phi) is 6.96. The maximum atomic E-state index is 12.4. The van der Waals surface area contributed by atoms with Crippen molar-refractivity contribution in [2.24, 2.45) is 5.92 Å². The molecule has 1 aliphatic heterocycles. The fraction of sp³-hybridized carbons (Fsp3) is 0.423. The minimum absolute atomic E-state index is 0.0000239. The lowest BCUT2D eigenvalue weighted by atomic mass is 9.97. The van der Waals surface area contributed by atoms with Gasteiger partial charge in [-0.25, -0.2) is 4.79 Å². The van der Waals surface area contributed by atoms with Crippen LogP contribution in [0.3, 0.4) is 0 Å². The predicted molar refractivity (Wildman–Crippen MR) is 124 cm³/mol. The molecule has 7 nitrogen and oxygen atoms in total. The molecule has 2 aliphatic rings. The van der Waals surface area contributed by atoms with Gasteiger partial charge in [-0.05, 0) is 48.4 Å². The first kappa shape index (κ1) is 22.8. The van der Waals surface area contributed by atoms with Crippen molar-refractivity contribution >= 4 is 18.0 Å². The molecule has 0 aromatic heterocycles. The Hall–Kier alpha value is -3.35. The monoisotopic (exact) mass is 450 g/mol. The number of carboxylic acids is 1. The van der Waals surface area contributed by atoms with Gasteiger partial charge >= 0.3 is 12.1 Å². The third-order valence-electron chi connectivity index (χ3n) is 6.70. The molecule has 0 radical (unpaired) electrons. The minimum atomic E-state index is -0.789. The Morgan fingerprint density at radius 1 is 1.03 bits per heavy atom. The normalized spacial score (nSPS) is 16.6. The van der Waals surface area contributed by atoms with E-state index in [-0.39, 0.29) is 30.4 Å². The summed E-state index contributed by atoms with van der Waals surface area (Å²) in [5.41, 5.74) is 4.69. The average molecular weight is 451 g/mol. The van der Waals surface area contributed by atoms with E-state index < -0.39 is 12.1 Å². The molecule has 1 atom stereocenters. The fourth-order valence-electron chi connectivity index (χ4n) is 4.79. The molecule has 1 heterocycles. The van der Waals surface area contributed by atoms with Gasteiger partial charge in [0.25, 0.3) is 0 Å². The number of hydrogen-bond acceptors (Lipinski definition) is 4. The number of likely N-dealkylation sites (tertiary alicyclic amines) is 1. The van der Waals surface area contributed by atoms with E-state index >= 15 is 0 Å². The van der Waals surface area contributed by atoms with Gasteiger partial charge in [0.1, 0.15) is 6.61 Å². The van der Waals surface area contributed by atoms with Crippen molar-refractivity contribution in [2.45, 2.75) is 44.6 Å². The van der Waals surface area contributed by atoms with E-state index in [1.807, 2.05) is 31.2 Å². The van der Waals surface area contributed by atoms with Crippen LogP contribution < -0.4 is 5.32 Å². The van der Waals surface area contributed by atoms with Crippen molar-refractivity contribution in [2.75, 3.05) is 19.7 Å². The zero-order valence-corrected chi connectivity index (χ0v) is 18.8. The van der Waals surface area contributed by atoms with Crippen LogP contribution in [0, 0.1) is 5.92 Å². The summed E-state index contributed by atoms with van der Waals surface area (Å²) < 4.78 is 5.57. The molecule has 2 aromatic carbocycles. The van der Waals surface area contributed by atoms with Gasteiger partial charge in [-0.15, -0.1) is 0 Å². The number of ether oxygens (including phenoxy) is 1. The van der Waals surface area contributed by atoms with Gasteiger partial charge in [0, 0.05) is 31.5 Å². The van der Waals surface area contributed by atoms with Crippen molar-refractivity contribution < 1.29 is 24.2 Å². The predicted octanol–water partition coefficient (Wildman–Crippen LogP) is 4.02. The summed E-state index contributed by atoms with van der Waals surface area (Å²) in [4.78, 5) is 37.6. The Balaban J connectivity index is 1.23. The van der Waals surface area contributed by atoms with Gasteiger partial charge in [0.2, 0.25) is 5.91 Å². The zero-order valence-electron chi connectivity index (χ0n) is 18.8. The number of nitrogens with one attached hydrogen (secondary N) is 1. The Bertz CT molecular complexity index is 983. The van der Waals surface area contributed by atoms with E-state index in [9.17, 15) is 14.4 Å². The van der Waals surface area contributed by atoms with Gasteiger partial charge < -0.3 is 20.1 Å². The first-order valence-electron chi connectivity index (χ1n) is 11.6. The van der Waals surface area contributed by atoms with Crippen LogP contribution in [0.5, 0.6) is 0 Å². The van der Waals surface area contributed by atoms with E-state index in [0.717, 1.165) is 11.1 Å². The van der Waals surface area contributed by atoms with E-state index in [1.165, 1.54) is 11.1 Å². The van der Waals surface area contributed by atoms with Crippen molar-refractivity contribution in [1.82, 2.24) is 10.2 Å². The number of carboxylic acid groups (broad SMARTS) is 1. The molecule has 174 valence electrons. The molecular formula is C26H30N2O5. The molecule has 2 aromatic rings. The lowest BCUT2D eigenvalue weighted by Crippen LogP contribution is -2.41. The SMILES string of the molecule is CC(CCC(=O)N1CCC(C(=O)O)CC1)NC(=O)OCC1c2ccccc2-c2ccccc21. The second-order valence-corrected chi connectivity index (χ2v) is 8.90. The molecule has 0 saturated carbocycles. The van der Waals surface area contributed by atoms with Crippen LogP contribution in [0.4, 0.5) is 4.79 Å². The molecule has 1 unspecified atom stereocenters. The highest BCUT2D eigenvalue weighted by Gasteiger charge is 2.29. The summed E-state index contributed by atoms with van der Waals surface area (Å²) in [6.45, 7) is 3.06. The number of aliphatic carboxylic acids is 1. The van der Waals surface area contributed by atoms with Crippen molar-refractivity contribution in [3.63, 3.8) is 0 Å². The van der Waals surface area contributed by atoms with E-state index in [2.05, 4.69) is 29.6 Å². The third-order valence-corrected chi connectivity index (χ3v) is 6.70. The Morgan fingerprint density at radius 2 is 1.61 bits per heavy atom. The van der Waals surface area contributed by atoms with Gasteiger partial charge in [0.05, 0.1) is 5.92 Å². The molecule has 1 saturated heterocycles. The van der Waals surface area contributed by atoms with Crippen LogP contribution in [0.1, 0.15) is 49.7 Å². The highest BCUT2D eigenvalue weighted by molar-refractivity contribution is 5.79. The summed E-state index contributed by atoms with van der Waals surface area (Å²) in [7, 11) is 0. The van der Waals surface area contributed by atoms with Crippen LogP contribution in [0.2, 0.25) is 0 Å². The van der Waals surface area contributed by atoms with Crippen LogP contribution in [-0.2, 0) is 14.3 Å². The van der Waals surface area contributed by atoms with Gasteiger partial charge in [0.15, 0.2) is 0 Å². The quantitative estimate of drug-likeness (QED) is 0.664. The van der Waals surface area contributed by atoms with E-state index in [1.54, 1.807) is 4.90 Å². The fourth-order valence-corrected chi connectivity index (χ4v) is 4.79. The number of alkyl carbamates (subject to hydrolysis) is 1. The maximum absolute atomic E-state index is 12.4. The summed E-state index contributed by atoms with van der Waals surface area (Å²) in [5.74, 6) is -1.14. The highest BCUT2D eigenvalue weighted by atomic mass is 16.5. The average Bonchev–Trinajstić information content (AvgIpc) is 3.15.